The Hall–Kier alpha value is -8.04. The molecule has 9 heterocycles. The van der Waals surface area contributed by atoms with Crippen molar-refractivity contribution in [2.45, 2.75) is 172 Å². The van der Waals surface area contributed by atoms with E-state index in [9.17, 15) is 18.0 Å². The predicted octanol–water partition coefficient (Wildman–Crippen LogP) is 18.4. The highest BCUT2D eigenvalue weighted by Crippen LogP contribution is 2.50. The zero-order valence-corrected chi connectivity index (χ0v) is 58.4. The summed E-state index contributed by atoms with van der Waals surface area (Å²) in [6.45, 7) is 23.4. The lowest BCUT2D eigenvalue weighted by atomic mass is 9.85. The molecule has 4 saturated heterocycles. The van der Waals surface area contributed by atoms with Gasteiger partial charge < -0.3 is 68.3 Å². The minimum Gasteiger partial charge on any atom is -0.467 e. The Morgan fingerprint density at radius 1 is 0.420 bits per heavy atom. The van der Waals surface area contributed by atoms with Crippen molar-refractivity contribution in [2.24, 2.45) is 0 Å². The van der Waals surface area contributed by atoms with Crippen LogP contribution >= 0.6 is 0 Å². The van der Waals surface area contributed by atoms with Crippen molar-refractivity contribution in [3.05, 3.63) is 242 Å². The van der Waals surface area contributed by atoms with Crippen molar-refractivity contribution < 1.29 is 65.0 Å². The molecule has 0 bridgehead atoms. The van der Waals surface area contributed by atoms with Crippen molar-refractivity contribution in [3.8, 4) is 5.75 Å². The summed E-state index contributed by atoms with van der Waals surface area (Å²) in [6.07, 6.45) is 2.32. The number of fused-ring (bicyclic) bond motifs is 12. The second kappa shape index (κ2) is 31.5. The van der Waals surface area contributed by atoms with Gasteiger partial charge in [-0.25, -0.2) is 13.2 Å². The lowest BCUT2D eigenvalue weighted by molar-refractivity contribution is -0.152. The second-order valence-corrected chi connectivity index (χ2v) is 27.6. The molecule has 100 heavy (non-hydrogen) atoms. The molecule has 8 aromatic rings. The van der Waals surface area contributed by atoms with Gasteiger partial charge in [-0.1, -0.05) is 140 Å². The van der Waals surface area contributed by atoms with Crippen LogP contribution in [0.1, 0.15) is 214 Å². The first kappa shape index (κ1) is 70.4. The van der Waals surface area contributed by atoms with Crippen molar-refractivity contribution in [2.75, 3.05) is 74.1 Å². The van der Waals surface area contributed by atoms with E-state index >= 15 is 0 Å². The number of rotatable bonds is 11. The number of nitrogens with one attached hydrogen (secondary N) is 4. The van der Waals surface area contributed by atoms with Gasteiger partial charge in [-0.15, -0.1) is 0 Å². The average Bonchev–Trinajstić information content (AvgIpc) is 0.837. The Morgan fingerprint density at radius 3 is 1.25 bits per heavy atom. The van der Waals surface area contributed by atoms with Crippen molar-refractivity contribution in [1.29, 1.82) is 0 Å². The van der Waals surface area contributed by atoms with Gasteiger partial charge in [-0.3, -0.25) is 4.79 Å². The highest BCUT2D eigenvalue weighted by molar-refractivity contribution is 5.69. The minimum atomic E-state index is -0.636. The highest BCUT2D eigenvalue weighted by atomic mass is 19.1. The summed E-state index contributed by atoms with van der Waals surface area (Å²) < 4.78 is 102. The molecule has 14 atom stereocenters. The minimum absolute atomic E-state index is 0.00431. The van der Waals surface area contributed by atoms with Crippen LogP contribution in [0.15, 0.2) is 162 Å². The lowest BCUT2D eigenvalue weighted by Gasteiger charge is -2.43. The van der Waals surface area contributed by atoms with Gasteiger partial charge in [0.1, 0.15) is 83.8 Å². The zero-order valence-electron chi connectivity index (χ0n) is 58.4. The van der Waals surface area contributed by atoms with Crippen LogP contribution in [-0.2, 0) is 42.7 Å². The van der Waals surface area contributed by atoms with Crippen molar-refractivity contribution >= 4 is 28.7 Å². The smallest absolute Gasteiger partial charge is 0.308 e. The Labute approximate surface area is 585 Å². The number of ether oxygens (including phenoxy) is 9. The maximum absolute atomic E-state index is 14.4. The molecule has 0 saturated carbocycles. The number of carbonyl (C=O) groups is 1. The van der Waals surface area contributed by atoms with E-state index < -0.39 is 23.8 Å². The van der Waals surface area contributed by atoms with Crippen LogP contribution in [0.5, 0.6) is 5.75 Å². The van der Waals surface area contributed by atoms with Crippen LogP contribution < -0.4 is 26.0 Å². The lowest BCUT2D eigenvalue weighted by Crippen LogP contribution is -2.43. The molecule has 8 aliphatic heterocycles. The molecule has 4 fully saturated rings. The molecule has 0 aliphatic carbocycles. The van der Waals surface area contributed by atoms with Gasteiger partial charge in [0, 0.05) is 63.1 Å². The van der Waals surface area contributed by atoms with Crippen LogP contribution in [0.3, 0.4) is 0 Å². The summed E-state index contributed by atoms with van der Waals surface area (Å²) in [7, 11) is 0. The predicted molar refractivity (Wildman–Crippen MR) is 380 cm³/mol. The summed E-state index contributed by atoms with van der Waals surface area (Å²) in [5.74, 6) is 1.64. The van der Waals surface area contributed by atoms with E-state index in [1.807, 2.05) is 54.6 Å². The Bertz CT molecular complexity index is 4080. The van der Waals surface area contributed by atoms with Gasteiger partial charge in [0.2, 0.25) is 0 Å². The third-order valence-electron chi connectivity index (χ3n) is 20.6. The molecule has 8 aliphatic rings. The van der Waals surface area contributed by atoms with Crippen molar-refractivity contribution in [1.82, 2.24) is 0 Å². The first-order valence-corrected chi connectivity index (χ1v) is 35.6. The number of esters is 1. The summed E-state index contributed by atoms with van der Waals surface area (Å²) in [5.41, 5.74) is 15.4. The average molecular weight is 1370 g/mol. The third kappa shape index (κ3) is 15.0. The fraction of sp³-hybridized carbons (Fsp3) is 0.427. The molecule has 528 valence electrons. The molecule has 0 radical (unpaired) electrons. The highest BCUT2D eigenvalue weighted by Gasteiger charge is 2.47. The van der Waals surface area contributed by atoms with Crippen molar-refractivity contribution in [3.63, 3.8) is 0 Å². The topological polar surface area (TPSA) is 161 Å². The summed E-state index contributed by atoms with van der Waals surface area (Å²) in [6, 6.07) is 47.1. The van der Waals surface area contributed by atoms with E-state index in [4.69, 9.17) is 47.0 Å². The summed E-state index contributed by atoms with van der Waals surface area (Å²) >= 11 is 0. The number of hydrogen-bond donors (Lipinski definition) is 4. The normalized spacial score (nSPS) is 25.7. The van der Waals surface area contributed by atoms with Gasteiger partial charge in [0.05, 0.1) is 77.2 Å². The molecule has 0 spiro atoms. The molecule has 14 unspecified atom stereocenters. The number of halogens is 3. The molecule has 15 nitrogen and oxygen atoms in total. The van der Waals surface area contributed by atoms with E-state index in [0.29, 0.717) is 87.8 Å². The monoisotopic (exact) mass is 1370 g/mol. The van der Waals surface area contributed by atoms with Gasteiger partial charge in [0.25, 0.3) is 0 Å². The first-order chi connectivity index (χ1) is 48.5. The first-order valence-electron chi connectivity index (χ1n) is 35.6. The number of hydrogen-bond acceptors (Lipinski definition) is 15. The van der Waals surface area contributed by atoms with Gasteiger partial charge in [0.15, 0.2) is 0 Å². The zero-order chi connectivity index (χ0) is 69.7. The van der Waals surface area contributed by atoms with Gasteiger partial charge in [-0.05, 0) is 131 Å². The molecule has 18 heteroatoms. The van der Waals surface area contributed by atoms with E-state index in [-0.39, 0.29) is 78.2 Å². The maximum atomic E-state index is 14.4. The largest absolute Gasteiger partial charge is 0.467 e. The fourth-order valence-electron chi connectivity index (χ4n) is 14.8. The molecule has 7 aromatic carbocycles. The van der Waals surface area contributed by atoms with Crippen LogP contribution in [-0.4, -0.2) is 83.2 Å². The Balaban J connectivity index is 0.000000120. The van der Waals surface area contributed by atoms with Crippen LogP contribution in [0, 0.1) is 17.5 Å². The third-order valence-corrected chi connectivity index (χ3v) is 20.6. The molecule has 1 aromatic heterocycles. The standard InChI is InChI=1S/C22H25NO4.C21H23F2NO2.C21H24FNO2.C18H21NO3/c1-13(2)16-6-9-19-18(12-16)21-22(26-11-10-25-21)20(23-19)15-4-7-17(8-5-15)27-14(3)24;1-3-12(2)13-7-8-17-14(11-13)20-21(26-10-9-25-20)19(24-17)18-15(22)5-4-6-16(18)23;1-3-13(2)14-8-9-18-16(12-14)20-21(25-11-10-24-20)19(23-18)15-6-4-5-7-17(15)22;1-11(2)12-5-6-14-13(10-12)17-18(22-9-8-21-17)16(19-14)15-4-3-7-20-15/h4-9,12-13,20-23H,10-11H2,1-3H3;4-8,11-12,19-21,24H,3,9-10H2,1-2H3;4-9,12-13,19-21,23H,3,10-11H2,1-2H3;3-7,10-11,16-19H,8-9H2,1-2H3. The SMILES string of the molecule is CC(=O)Oc1ccc(C2Nc3ccc(C(C)C)cc3C3OCCOC23)cc1.CC(C)c1ccc2c(c1)C1OCCOC1C(c1ccco1)N2.CCC(C)c1ccc2c(c1)C1OCCOC1C(c1c(F)cccc1F)N2.CCC(C)c1ccc2c(c1)C1OCCOC1C(c1ccccc1F)N2. The Morgan fingerprint density at radius 2 is 0.810 bits per heavy atom. The number of carbonyl (C=O) groups excluding carboxylic acids is 1. The Kier molecular flexibility index (Phi) is 22.1. The number of anilines is 4. The van der Waals surface area contributed by atoms with E-state index in [1.165, 1.54) is 64.6 Å². The van der Waals surface area contributed by atoms with Crippen LogP contribution in [0.4, 0.5) is 35.9 Å². The van der Waals surface area contributed by atoms with E-state index in [1.54, 1.807) is 12.3 Å². The van der Waals surface area contributed by atoms with Crippen LogP contribution in [0.2, 0.25) is 0 Å². The summed E-state index contributed by atoms with van der Waals surface area (Å²) in [4.78, 5) is 11.1. The fourth-order valence-corrected chi connectivity index (χ4v) is 14.8. The number of benzene rings is 7. The maximum Gasteiger partial charge on any atom is 0.308 e. The quantitative estimate of drug-likeness (QED) is 0.0715. The summed E-state index contributed by atoms with van der Waals surface area (Å²) in [5, 5.41) is 14.0. The van der Waals surface area contributed by atoms with Gasteiger partial charge in [-0.2, -0.15) is 0 Å². The number of furan rings is 1. The van der Waals surface area contributed by atoms with E-state index in [2.05, 4.69) is 143 Å². The molecular weight excluding hydrogens is 1270 g/mol. The second-order valence-electron chi connectivity index (χ2n) is 27.6. The van der Waals surface area contributed by atoms with Crippen LogP contribution in [0.25, 0.3) is 0 Å². The van der Waals surface area contributed by atoms with Gasteiger partial charge >= 0.3 is 5.97 Å². The van der Waals surface area contributed by atoms with E-state index in [0.717, 1.165) is 58.0 Å². The molecule has 16 rings (SSSR count). The molecule has 4 N–H and O–H groups in total. The molecule has 0 amide bonds. The molecular formula is C82H93F3N4O11.